The lowest BCUT2D eigenvalue weighted by Crippen LogP contribution is -2.09. The van der Waals surface area contributed by atoms with Crippen molar-refractivity contribution in [1.82, 2.24) is 0 Å². The van der Waals surface area contributed by atoms with Gasteiger partial charge in [0.15, 0.2) is 0 Å². The molecule has 0 aliphatic rings. The highest BCUT2D eigenvalue weighted by Gasteiger charge is 2.13. The van der Waals surface area contributed by atoms with Crippen LogP contribution in [0.25, 0.3) is 0 Å². The fourth-order valence-electron chi connectivity index (χ4n) is 2.23. The molecule has 0 aromatic heterocycles. The lowest BCUT2D eigenvalue weighted by Gasteiger charge is -2.17. The zero-order chi connectivity index (χ0) is 13.0. The van der Waals surface area contributed by atoms with E-state index in [9.17, 15) is 10.2 Å². The first-order chi connectivity index (χ1) is 8.70. The second kappa shape index (κ2) is 5.69. The van der Waals surface area contributed by atoms with Crippen LogP contribution in [0.1, 0.15) is 22.6 Å². The summed E-state index contributed by atoms with van der Waals surface area (Å²) in [5.74, 6) is 0.380. The van der Waals surface area contributed by atoms with E-state index in [-0.39, 0.29) is 18.3 Å². The maximum absolute atomic E-state index is 9.57. The Kier molecular flexibility index (Phi) is 4.00. The van der Waals surface area contributed by atoms with Crippen LogP contribution in [0.5, 0.6) is 5.75 Å². The first kappa shape index (κ1) is 12.7. The largest absolute Gasteiger partial charge is 0.508 e. The summed E-state index contributed by atoms with van der Waals surface area (Å²) >= 11 is 0. The minimum absolute atomic E-state index is 0.107. The number of hydrogen-bond acceptors (Lipinski definition) is 2. The monoisotopic (exact) mass is 242 g/mol. The Morgan fingerprint density at radius 2 is 1.67 bits per heavy atom. The number of phenols is 1. The minimum Gasteiger partial charge on any atom is -0.508 e. The molecule has 2 rings (SSSR count). The van der Waals surface area contributed by atoms with Gasteiger partial charge in [0.05, 0.1) is 6.61 Å². The quantitative estimate of drug-likeness (QED) is 0.865. The van der Waals surface area contributed by atoms with Crippen molar-refractivity contribution in [3.05, 3.63) is 65.2 Å². The van der Waals surface area contributed by atoms with Crippen molar-refractivity contribution in [2.24, 2.45) is 0 Å². The Morgan fingerprint density at radius 1 is 1.00 bits per heavy atom. The zero-order valence-corrected chi connectivity index (χ0v) is 10.5. The van der Waals surface area contributed by atoms with E-state index in [2.05, 4.69) is 19.1 Å². The number of benzene rings is 2. The molecule has 2 N–H and O–H groups in total. The molecule has 0 fully saturated rings. The Hall–Kier alpha value is -1.80. The summed E-state index contributed by atoms with van der Waals surface area (Å²) < 4.78 is 0. The number of aliphatic hydroxyl groups is 1. The standard InChI is InChI=1S/C16H18O2/c1-12-4-2-3-5-16(12)14(11-17)10-13-6-8-15(18)9-7-13/h2-9,14,17-18H,10-11H2,1H3. The summed E-state index contributed by atoms with van der Waals surface area (Å²) in [5, 5.41) is 18.8. The summed E-state index contributed by atoms with van der Waals surface area (Å²) in [4.78, 5) is 0. The fraction of sp³-hybridized carbons (Fsp3) is 0.250. The Balaban J connectivity index is 2.20. The van der Waals surface area contributed by atoms with Crippen LogP contribution in [-0.4, -0.2) is 16.8 Å². The highest BCUT2D eigenvalue weighted by Crippen LogP contribution is 2.24. The van der Waals surface area contributed by atoms with E-state index in [0.717, 1.165) is 12.0 Å². The van der Waals surface area contributed by atoms with Crippen LogP contribution in [0.3, 0.4) is 0 Å². The molecule has 0 radical (unpaired) electrons. The first-order valence-corrected chi connectivity index (χ1v) is 6.15. The summed E-state index contributed by atoms with van der Waals surface area (Å²) in [6, 6.07) is 15.3. The van der Waals surface area contributed by atoms with E-state index < -0.39 is 0 Å². The number of hydrogen-bond donors (Lipinski definition) is 2. The predicted molar refractivity (Wildman–Crippen MR) is 72.8 cm³/mol. The molecule has 2 nitrogen and oxygen atoms in total. The maximum Gasteiger partial charge on any atom is 0.115 e. The molecule has 2 aromatic rings. The molecule has 18 heavy (non-hydrogen) atoms. The summed E-state index contributed by atoms with van der Waals surface area (Å²) in [5.41, 5.74) is 3.51. The van der Waals surface area contributed by atoms with Gasteiger partial charge in [-0.05, 0) is 42.2 Å². The van der Waals surface area contributed by atoms with Gasteiger partial charge >= 0.3 is 0 Å². The average molecular weight is 242 g/mol. The van der Waals surface area contributed by atoms with Crippen LogP contribution in [0.15, 0.2) is 48.5 Å². The van der Waals surface area contributed by atoms with Crippen molar-refractivity contribution in [2.45, 2.75) is 19.3 Å². The summed E-state index contributed by atoms with van der Waals surface area (Å²) in [7, 11) is 0. The minimum atomic E-state index is 0.107. The topological polar surface area (TPSA) is 40.5 Å². The SMILES string of the molecule is Cc1ccccc1C(CO)Cc1ccc(O)cc1. The molecule has 0 spiro atoms. The van der Waals surface area contributed by atoms with Gasteiger partial charge < -0.3 is 10.2 Å². The van der Waals surface area contributed by atoms with Crippen molar-refractivity contribution in [3.8, 4) is 5.75 Å². The third-order valence-corrected chi connectivity index (χ3v) is 3.27. The molecule has 0 saturated heterocycles. The summed E-state index contributed by atoms with van der Waals surface area (Å²) in [6.07, 6.45) is 0.779. The molecular formula is C16H18O2. The fourth-order valence-corrected chi connectivity index (χ4v) is 2.23. The van der Waals surface area contributed by atoms with Gasteiger partial charge in [-0.2, -0.15) is 0 Å². The highest BCUT2D eigenvalue weighted by atomic mass is 16.3. The average Bonchev–Trinajstić information content (AvgIpc) is 2.39. The van der Waals surface area contributed by atoms with Crippen molar-refractivity contribution in [2.75, 3.05) is 6.61 Å². The van der Waals surface area contributed by atoms with E-state index in [4.69, 9.17) is 0 Å². The third kappa shape index (κ3) is 2.90. The van der Waals surface area contributed by atoms with Gasteiger partial charge in [0.25, 0.3) is 0 Å². The molecule has 1 atom stereocenters. The molecule has 2 heteroatoms. The van der Waals surface area contributed by atoms with Crippen LogP contribution in [-0.2, 0) is 6.42 Å². The Bertz CT molecular complexity index is 503. The van der Waals surface area contributed by atoms with Gasteiger partial charge in [-0.15, -0.1) is 0 Å². The molecule has 0 heterocycles. The van der Waals surface area contributed by atoms with Gasteiger partial charge in [-0.3, -0.25) is 0 Å². The van der Waals surface area contributed by atoms with E-state index >= 15 is 0 Å². The molecular weight excluding hydrogens is 224 g/mol. The molecule has 0 aliphatic heterocycles. The van der Waals surface area contributed by atoms with Crippen molar-refractivity contribution in [1.29, 1.82) is 0 Å². The molecule has 0 aliphatic carbocycles. The Morgan fingerprint density at radius 3 is 2.28 bits per heavy atom. The highest BCUT2D eigenvalue weighted by molar-refractivity contribution is 5.32. The van der Waals surface area contributed by atoms with Crippen molar-refractivity contribution >= 4 is 0 Å². The van der Waals surface area contributed by atoms with Crippen LogP contribution < -0.4 is 0 Å². The zero-order valence-electron chi connectivity index (χ0n) is 10.5. The van der Waals surface area contributed by atoms with Gasteiger partial charge in [0, 0.05) is 5.92 Å². The van der Waals surface area contributed by atoms with E-state index in [0.29, 0.717) is 0 Å². The van der Waals surface area contributed by atoms with E-state index in [1.54, 1.807) is 12.1 Å². The molecule has 0 amide bonds. The van der Waals surface area contributed by atoms with E-state index in [1.807, 2.05) is 24.3 Å². The van der Waals surface area contributed by atoms with Crippen LogP contribution >= 0.6 is 0 Å². The molecule has 1 unspecified atom stereocenters. The lowest BCUT2D eigenvalue weighted by molar-refractivity contribution is 0.264. The number of aryl methyl sites for hydroxylation is 1. The molecule has 2 aromatic carbocycles. The second-order valence-electron chi connectivity index (χ2n) is 4.61. The van der Waals surface area contributed by atoms with Crippen LogP contribution in [0, 0.1) is 6.92 Å². The van der Waals surface area contributed by atoms with Gasteiger partial charge in [-0.25, -0.2) is 0 Å². The van der Waals surface area contributed by atoms with E-state index in [1.165, 1.54) is 11.1 Å². The number of aromatic hydroxyl groups is 1. The van der Waals surface area contributed by atoms with Crippen molar-refractivity contribution < 1.29 is 10.2 Å². The second-order valence-corrected chi connectivity index (χ2v) is 4.61. The number of aliphatic hydroxyl groups excluding tert-OH is 1. The normalized spacial score (nSPS) is 12.3. The third-order valence-electron chi connectivity index (χ3n) is 3.27. The summed E-state index contributed by atoms with van der Waals surface area (Å²) in [6.45, 7) is 2.19. The number of phenolic OH excluding ortho intramolecular Hbond substituents is 1. The van der Waals surface area contributed by atoms with Gasteiger partial charge in [0.2, 0.25) is 0 Å². The van der Waals surface area contributed by atoms with Crippen LogP contribution in [0.4, 0.5) is 0 Å². The molecule has 0 bridgehead atoms. The number of rotatable bonds is 4. The van der Waals surface area contributed by atoms with Crippen molar-refractivity contribution in [3.63, 3.8) is 0 Å². The van der Waals surface area contributed by atoms with Crippen LogP contribution in [0.2, 0.25) is 0 Å². The van der Waals surface area contributed by atoms with Gasteiger partial charge in [-0.1, -0.05) is 36.4 Å². The molecule has 94 valence electrons. The lowest BCUT2D eigenvalue weighted by atomic mass is 9.90. The Labute approximate surface area is 108 Å². The molecule has 0 saturated carbocycles. The smallest absolute Gasteiger partial charge is 0.115 e. The first-order valence-electron chi connectivity index (χ1n) is 6.15. The maximum atomic E-state index is 9.57. The predicted octanol–water partition coefficient (Wildman–Crippen LogP) is 3.02. The van der Waals surface area contributed by atoms with Gasteiger partial charge in [0.1, 0.15) is 5.75 Å².